The van der Waals surface area contributed by atoms with Crippen LogP contribution < -0.4 is 4.74 Å². The molecule has 0 bridgehead atoms. The van der Waals surface area contributed by atoms with Crippen molar-refractivity contribution in [1.82, 2.24) is 0 Å². The molecule has 0 atom stereocenters. The third-order valence-corrected chi connectivity index (χ3v) is 2.40. The van der Waals surface area contributed by atoms with Gasteiger partial charge in [-0.05, 0) is 12.1 Å². The van der Waals surface area contributed by atoms with Crippen molar-refractivity contribution in [2.24, 2.45) is 0 Å². The van der Waals surface area contributed by atoms with Crippen molar-refractivity contribution < 1.29 is 30.0 Å². The maximum absolute atomic E-state index is 11.8. The van der Waals surface area contributed by atoms with Crippen LogP contribution in [0.15, 0.2) is 36.4 Å². The molecule has 0 heterocycles. The van der Waals surface area contributed by atoms with Gasteiger partial charge in [0.25, 0.3) is 0 Å². The summed E-state index contributed by atoms with van der Waals surface area (Å²) in [5.41, 5.74) is -0.461. The topological polar surface area (TPSA) is 107 Å². The predicted octanol–water partition coefficient (Wildman–Crippen LogP) is 1.73. The Bertz CT molecular complexity index is 621. The number of esters is 1. The zero-order valence-corrected chi connectivity index (χ0v) is 9.57. The molecule has 0 aliphatic heterocycles. The smallest absolute Gasteiger partial charge is 0.347 e. The summed E-state index contributed by atoms with van der Waals surface area (Å²) in [5.74, 6) is -4.24. The predicted molar refractivity (Wildman–Crippen MR) is 64.5 cm³/mol. The van der Waals surface area contributed by atoms with E-state index in [1.807, 2.05) is 0 Å². The largest absolute Gasteiger partial charge is 0.504 e. The highest BCUT2D eigenvalue weighted by molar-refractivity contribution is 5.96. The monoisotopic (exact) mass is 262 g/mol. The van der Waals surface area contributed by atoms with Gasteiger partial charge in [-0.15, -0.1) is 0 Å². The van der Waals surface area contributed by atoms with E-state index in [0.717, 1.165) is 6.07 Å². The quantitative estimate of drug-likeness (QED) is 0.284. The molecule has 2 rings (SSSR count). The zero-order valence-electron chi connectivity index (χ0n) is 9.57. The summed E-state index contributed by atoms with van der Waals surface area (Å²) in [6.45, 7) is 0. The first-order valence-corrected chi connectivity index (χ1v) is 5.24. The standard InChI is InChI=1S/C13H10O6/c14-9-6-8(10(15)12(17)11(9)16)13(18)19-7-4-2-1-3-5-7/h1-6,14-17H. The van der Waals surface area contributed by atoms with Crippen molar-refractivity contribution in [3.8, 4) is 28.7 Å². The average Bonchev–Trinajstić information content (AvgIpc) is 2.41. The normalized spacial score (nSPS) is 10.1. The molecular weight excluding hydrogens is 252 g/mol. The Morgan fingerprint density at radius 3 is 2.16 bits per heavy atom. The van der Waals surface area contributed by atoms with Gasteiger partial charge < -0.3 is 25.2 Å². The van der Waals surface area contributed by atoms with Crippen molar-refractivity contribution in [2.45, 2.75) is 0 Å². The molecule has 0 saturated heterocycles. The Morgan fingerprint density at radius 2 is 1.53 bits per heavy atom. The zero-order chi connectivity index (χ0) is 14.0. The van der Waals surface area contributed by atoms with Gasteiger partial charge in [0.1, 0.15) is 11.3 Å². The second-order valence-electron chi connectivity index (χ2n) is 3.69. The molecule has 0 aliphatic rings. The molecule has 0 unspecified atom stereocenters. The lowest BCUT2D eigenvalue weighted by molar-refractivity contribution is 0.0730. The van der Waals surface area contributed by atoms with Crippen LogP contribution in [0.3, 0.4) is 0 Å². The van der Waals surface area contributed by atoms with Gasteiger partial charge in [-0.3, -0.25) is 0 Å². The van der Waals surface area contributed by atoms with Gasteiger partial charge in [-0.25, -0.2) is 4.79 Å². The highest BCUT2D eigenvalue weighted by Gasteiger charge is 2.22. The molecule has 2 aromatic carbocycles. The molecule has 0 spiro atoms. The van der Waals surface area contributed by atoms with Crippen LogP contribution in [0.2, 0.25) is 0 Å². The van der Waals surface area contributed by atoms with Gasteiger partial charge in [0.2, 0.25) is 11.5 Å². The Labute approximate surface area is 107 Å². The lowest BCUT2D eigenvalue weighted by Gasteiger charge is -2.09. The van der Waals surface area contributed by atoms with Crippen LogP contribution in [-0.2, 0) is 0 Å². The molecule has 0 aliphatic carbocycles. The van der Waals surface area contributed by atoms with E-state index in [1.165, 1.54) is 12.1 Å². The Morgan fingerprint density at radius 1 is 0.895 bits per heavy atom. The van der Waals surface area contributed by atoms with Gasteiger partial charge >= 0.3 is 5.97 Å². The van der Waals surface area contributed by atoms with E-state index in [1.54, 1.807) is 18.2 Å². The van der Waals surface area contributed by atoms with Crippen molar-refractivity contribution in [2.75, 3.05) is 0 Å². The molecule has 0 saturated carbocycles. The summed E-state index contributed by atoms with van der Waals surface area (Å²) >= 11 is 0. The second kappa shape index (κ2) is 4.77. The summed E-state index contributed by atoms with van der Waals surface area (Å²) in [6, 6.07) is 8.87. The van der Waals surface area contributed by atoms with Crippen LogP contribution in [0.25, 0.3) is 0 Å². The Hall–Kier alpha value is -2.89. The number of aromatic hydroxyl groups is 4. The first kappa shape index (κ1) is 12.6. The fourth-order valence-corrected chi connectivity index (χ4v) is 1.44. The minimum Gasteiger partial charge on any atom is -0.504 e. The summed E-state index contributed by atoms with van der Waals surface area (Å²) in [7, 11) is 0. The minimum atomic E-state index is -0.986. The van der Waals surface area contributed by atoms with Crippen LogP contribution >= 0.6 is 0 Å². The van der Waals surface area contributed by atoms with Crippen molar-refractivity contribution >= 4 is 5.97 Å². The van der Waals surface area contributed by atoms with Crippen LogP contribution in [-0.4, -0.2) is 26.4 Å². The minimum absolute atomic E-state index is 0.235. The fraction of sp³-hybridized carbons (Fsp3) is 0. The number of carbonyl (C=O) groups is 1. The molecule has 0 fully saturated rings. The lowest BCUT2D eigenvalue weighted by Crippen LogP contribution is -2.08. The number of hydrogen-bond acceptors (Lipinski definition) is 6. The van der Waals surface area contributed by atoms with E-state index in [-0.39, 0.29) is 5.75 Å². The van der Waals surface area contributed by atoms with E-state index in [2.05, 4.69) is 0 Å². The first-order valence-electron chi connectivity index (χ1n) is 5.24. The van der Waals surface area contributed by atoms with Gasteiger partial charge in [-0.1, -0.05) is 18.2 Å². The highest BCUT2D eigenvalue weighted by atomic mass is 16.5. The number of hydrogen-bond donors (Lipinski definition) is 4. The molecule has 19 heavy (non-hydrogen) atoms. The molecule has 2 aromatic rings. The Balaban J connectivity index is 2.35. The fourth-order valence-electron chi connectivity index (χ4n) is 1.44. The van der Waals surface area contributed by atoms with Crippen LogP contribution in [0.5, 0.6) is 28.7 Å². The van der Waals surface area contributed by atoms with Gasteiger partial charge in [-0.2, -0.15) is 0 Å². The summed E-state index contributed by atoms with van der Waals surface area (Å²) in [5, 5.41) is 37.3. The molecule has 0 aromatic heterocycles. The number of benzene rings is 2. The SMILES string of the molecule is O=C(Oc1ccccc1)c1cc(O)c(O)c(O)c1O. The van der Waals surface area contributed by atoms with E-state index in [9.17, 15) is 25.2 Å². The van der Waals surface area contributed by atoms with Crippen molar-refractivity contribution in [3.63, 3.8) is 0 Å². The van der Waals surface area contributed by atoms with Gasteiger partial charge in [0.15, 0.2) is 11.5 Å². The second-order valence-corrected chi connectivity index (χ2v) is 3.69. The molecular formula is C13H10O6. The maximum Gasteiger partial charge on any atom is 0.347 e. The first-order chi connectivity index (χ1) is 9.00. The van der Waals surface area contributed by atoms with E-state index < -0.39 is 34.5 Å². The number of carbonyl (C=O) groups excluding carboxylic acids is 1. The summed E-state index contributed by atoms with van der Waals surface area (Å²) in [6.07, 6.45) is 0. The molecule has 6 nitrogen and oxygen atoms in total. The summed E-state index contributed by atoms with van der Waals surface area (Å²) < 4.78 is 4.93. The van der Waals surface area contributed by atoms with Gasteiger partial charge in [0.05, 0.1) is 0 Å². The third kappa shape index (κ3) is 2.37. The lowest BCUT2D eigenvalue weighted by atomic mass is 10.1. The van der Waals surface area contributed by atoms with Crippen LogP contribution in [0, 0.1) is 0 Å². The van der Waals surface area contributed by atoms with E-state index in [0.29, 0.717) is 0 Å². The molecule has 0 radical (unpaired) electrons. The highest BCUT2D eigenvalue weighted by Crippen LogP contribution is 2.43. The van der Waals surface area contributed by atoms with Crippen molar-refractivity contribution in [1.29, 1.82) is 0 Å². The molecule has 98 valence electrons. The summed E-state index contributed by atoms with van der Waals surface area (Å²) in [4.78, 5) is 11.8. The average molecular weight is 262 g/mol. The van der Waals surface area contributed by atoms with E-state index >= 15 is 0 Å². The Kier molecular flexibility index (Phi) is 3.15. The van der Waals surface area contributed by atoms with Gasteiger partial charge in [0, 0.05) is 6.07 Å². The molecule has 4 N–H and O–H groups in total. The van der Waals surface area contributed by atoms with E-state index in [4.69, 9.17) is 4.74 Å². The van der Waals surface area contributed by atoms with Crippen LogP contribution in [0.1, 0.15) is 10.4 Å². The maximum atomic E-state index is 11.8. The number of rotatable bonds is 2. The number of phenolic OH excluding ortho intramolecular Hbond substituents is 4. The molecule has 6 heteroatoms. The number of phenols is 4. The van der Waals surface area contributed by atoms with Crippen molar-refractivity contribution in [3.05, 3.63) is 42.0 Å². The third-order valence-electron chi connectivity index (χ3n) is 2.40. The number of para-hydroxylation sites is 1. The molecule has 0 amide bonds. The number of ether oxygens (including phenoxy) is 1. The van der Waals surface area contributed by atoms with Crippen LogP contribution in [0.4, 0.5) is 0 Å².